The van der Waals surface area contributed by atoms with Crippen molar-refractivity contribution in [2.75, 3.05) is 17.2 Å². The molecule has 0 amide bonds. The second-order valence-electron chi connectivity index (χ2n) is 9.51. The van der Waals surface area contributed by atoms with Gasteiger partial charge >= 0.3 is 0 Å². The van der Waals surface area contributed by atoms with Crippen LogP contribution >= 0.6 is 0 Å². The number of pyridine rings is 2. The summed E-state index contributed by atoms with van der Waals surface area (Å²) in [6.45, 7) is 3.72. The maximum absolute atomic E-state index is 12.3. The molecule has 0 spiro atoms. The molecule has 0 bridgehead atoms. The van der Waals surface area contributed by atoms with E-state index in [-0.39, 0.29) is 30.0 Å². The molecule has 0 unspecified atom stereocenters. The summed E-state index contributed by atoms with van der Waals surface area (Å²) in [7, 11) is 0. The van der Waals surface area contributed by atoms with Gasteiger partial charge in [0.1, 0.15) is 17.2 Å². The number of rotatable bonds is 9. The number of aliphatic hydroxyl groups excluding tert-OH is 1. The Morgan fingerprint density at radius 3 is 2.63 bits per heavy atom. The second-order valence-corrected chi connectivity index (χ2v) is 9.51. The first-order valence-electron chi connectivity index (χ1n) is 12.9. The highest BCUT2D eigenvalue weighted by Crippen LogP contribution is 2.31. The summed E-state index contributed by atoms with van der Waals surface area (Å²) >= 11 is 0. The molecule has 13 heteroatoms. The third kappa shape index (κ3) is 5.25. The number of nitrogens with one attached hydrogen (secondary N) is 3. The molecule has 5 aromatic heterocycles. The highest BCUT2D eigenvalue weighted by molar-refractivity contribution is 5.77. The number of H-pyrrole nitrogens is 1. The van der Waals surface area contributed by atoms with Crippen molar-refractivity contribution < 1.29 is 9.63 Å². The molecule has 206 valence electrons. The number of aromatic nitrogens is 8. The molecule has 41 heavy (non-hydrogen) atoms. The lowest BCUT2D eigenvalue weighted by Gasteiger charge is -2.19. The number of nitrogens with zero attached hydrogens (tertiary/aromatic N) is 7. The van der Waals surface area contributed by atoms with Gasteiger partial charge in [-0.15, -0.1) is 0 Å². The molecule has 4 N–H and O–H groups in total. The number of hydrogen-bond acceptors (Lipinski definition) is 11. The van der Waals surface area contributed by atoms with Crippen LogP contribution in [0.5, 0.6) is 0 Å². The Bertz CT molecular complexity index is 1850. The quantitative estimate of drug-likeness (QED) is 0.204. The zero-order valence-electron chi connectivity index (χ0n) is 22.2. The molecule has 1 aromatic carbocycles. The van der Waals surface area contributed by atoms with Gasteiger partial charge in [0.15, 0.2) is 5.65 Å². The van der Waals surface area contributed by atoms with E-state index in [1.807, 2.05) is 50.2 Å². The Balaban J connectivity index is 1.38. The van der Waals surface area contributed by atoms with Gasteiger partial charge in [-0.1, -0.05) is 35.5 Å². The van der Waals surface area contributed by atoms with Crippen LogP contribution < -0.4 is 16.2 Å². The molecule has 0 fully saturated rings. The number of anilines is 3. The van der Waals surface area contributed by atoms with Crippen molar-refractivity contribution >= 4 is 28.6 Å². The summed E-state index contributed by atoms with van der Waals surface area (Å²) in [6, 6.07) is 16.0. The Hall–Kier alpha value is -5.43. The van der Waals surface area contributed by atoms with E-state index >= 15 is 0 Å². The topological polar surface area (TPSA) is 173 Å². The Morgan fingerprint density at radius 2 is 1.88 bits per heavy atom. The highest BCUT2D eigenvalue weighted by Gasteiger charge is 2.21. The Kier molecular flexibility index (Phi) is 6.92. The van der Waals surface area contributed by atoms with Crippen LogP contribution in [0.25, 0.3) is 33.9 Å². The van der Waals surface area contributed by atoms with Crippen molar-refractivity contribution in [2.45, 2.75) is 25.9 Å². The first-order valence-corrected chi connectivity index (χ1v) is 12.9. The van der Waals surface area contributed by atoms with E-state index in [4.69, 9.17) is 4.52 Å². The summed E-state index contributed by atoms with van der Waals surface area (Å²) in [5.74, 6) is 1.59. The fraction of sp³-hybridized carbons (Fsp3) is 0.179. The van der Waals surface area contributed by atoms with Gasteiger partial charge in [-0.2, -0.15) is 9.97 Å². The summed E-state index contributed by atoms with van der Waals surface area (Å²) in [5.41, 5.74) is 2.31. The number of benzene rings is 1. The van der Waals surface area contributed by atoms with Gasteiger partial charge in [-0.25, -0.2) is 9.97 Å². The van der Waals surface area contributed by atoms with Crippen molar-refractivity contribution in [3.8, 4) is 22.8 Å². The minimum atomic E-state index is -0.478. The predicted molar refractivity (Wildman–Crippen MR) is 152 cm³/mol. The smallest absolute Gasteiger partial charge is 0.273 e. The molecule has 0 saturated carbocycles. The van der Waals surface area contributed by atoms with Gasteiger partial charge in [0, 0.05) is 30.2 Å². The summed E-state index contributed by atoms with van der Waals surface area (Å²) < 4.78 is 7.28. The third-order valence-corrected chi connectivity index (χ3v) is 6.39. The van der Waals surface area contributed by atoms with Gasteiger partial charge in [0.05, 0.1) is 18.0 Å². The lowest BCUT2D eigenvalue weighted by atomic mass is 10.1. The fourth-order valence-corrected chi connectivity index (χ4v) is 4.33. The molecular weight excluding hydrogens is 524 g/mol. The van der Waals surface area contributed by atoms with Crippen LogP contribution in [0.4, 0.5) is 17.6 Å². The zero-order valence-corrected chi connectivity index (χ0v) is 22.2. The van der Waals surface area contributed by atoms with Crippen LogP contribution in [0.15, 0.2) is 82.5 Å². The van der Waals surface area contributed by atoms with Crippen molar-refractivity contribution in [1.82, 2.24) is 39.9 Å². The average molecular weight is 551 g/mol. The summed E-state index contributed by atoms with van der Waals surface area (Å²) in [6.07, 6.45) is 4.85. The molecule has 5 heterocycles. The monoisotopic (exact) mass is 550 g/mol. The van der Waals surface area contributed by atoms with Crippen LogP contribution in [0.1, 0.15) is 31.5 Å². The standard InChI is InChI=1S/C28H26N10O3/c1-16(2)38-25-19(26(40)36-38)10-11-22(32-25)33-28-30-14-20(27-34-23(37-41-27)18-9-6-12-29-13-18)24(35-28)31-21(15-39)17-7-4-3-5-8-17/h3-14,16,21,39H,15H2,1-2H3,(H,36,40)(H2,30,31,32,33,35)/t21-/m1/s1. The molecule has 13 nitrogen and oxygen atoms in total. The normalized spacial score (nSPS) is 12.1. The van der Waals surface area contributed by atoms with Gasteiger partial charge in [0.25, 0.3) is 11.4 Å². The Morgan fingerprint density at radius 1 is 1.02 bits per heavy atom. The van der Waals surface area contributed by atoms with E-state index in [2.05, 4.69) is 45.8 Å². The van der Waals surface area contributed by atoms with Crippen LogP contribution in [0.3, 0.4) is 0 Å². The van der Waals surface area contributed by atoms with Crippen molar-refractivity contribution in [3.05, 3.63) is 89.1 Å². The maximum atomic E-state index is 12.3. The molecule has 0 aliphatic carbocycles. The molecule has 0 radical (unpaired) electrons. The van der Waals surface area contributed by atoms with Crippen LogP contribution in [-0.4, -0.2) is 51.6 Å². The van der Waals surface area contributed by atoms with Gasteiger partial charge in [0.2, 0.25) is 11.8 Å². The lowest BCUT2D eigenvalue weighted by molar-refractivity contribution is 0.276. The first kappa shape index (κ1) is 25.8. The van der Waals surface area contributed by atoms with Crippen molar-refractivity contribution in [3.63, 3.8) is 0 Å². The number of fused-ring (bicyclic) bond motifs is 1. The average Bonchev–Trinajstić information content (AvgIpc) is 3.62. The van der Waals surface area contributed by atoms with Crippen molar-refractivity contribution in [2.24, 2.45) is 0 Å². The molecular formula is C28H26N10O3. The lowest BCUT2D eigenvalue weighted by Crippen LogP contribution is -2.17. The number of aliphatic hydroxyl groups is 1. The van der Waals surface area contributed by atoms with Crippen LogP contribution in [-0.2, 0) is 0 Å². The molecule has 6 aromatic rings. The van der Waals surface area contributed by atoms with Gasteiger partial charge < -0.3 is 20.3 Å². The Labute approximate surface area is 233 Å². The molecule has 0 aliphatic rings. The van der Waals surface area contributed by atoms with E-state index in [9.17, 15) is 9.90 Å². The van der Waals surface area contributed by atoms with Crippen molar-refractivity contribution in [1.29, 1.82) is 0 Å². The summed E-state index contributed by atoms with van der Waals surface area (Å²) in [4.78, 5) is 34.7. The highest BCUT2D eigenvalue weighted by atomic mass is 16.5. The minimum Gasteiger partial charge on any atom is -0.394 e. The van der Waals surface area contributed by atoms with E-state index in [1.165, 1.54) is 0 Å². The van der Waals surface area contributed by atoms with Gasteiger partial charge in [-0.3, -0.25) is 19.6 Å². The first-order chi connectivity index (χ1) is 20.0. The van der Waals surface area contributed by atoms with Crippen LogP contribution in [0.2, 0.25) is 0 Å². The largest absolute Gasteiger partial charge is 0.394 e. The molecule has 0 aliphatic heterocycles. The predicted octanol–water partition coefficient (Wildman–Crippen LogP) is 4.10. The minimum absolute atomic E-state index is 0.00801. The van der Waals surface area contributed by atoms with Gasteiger partial charge in [-0.05, 0) is 43.7 Å². The third-order valence-electron chi connectivity index (χ3n) is 6.39. The number of hydrogen-bond donors (Lipinski definition) is 4. The molecule has 1 atom stereocenters. The van der Waals surface area contributed by atoms with E-state index < -0.39 is 6.04 Å². The number of aromatic amines is 1. The second kappa shape index (κ2) is 11.0. The van der Waals surface area contributed by atoms with E-state index in [0.29, 0.717) is 39.6 Å². The maximum Gasteiger partial charge on any atom is 0.273 e. The van der Waals surface area contributed by atoms with E-state index in [1.54, 1.807) is 41.5 Å². The fourth-order valence-electron chi connectivity index (χ4n) is 4.33. The zero-order chi connectivity index (χ0) is 28.3. The SMILES string of the molecule is CC(C)n1[nH]c(=O)c2ccc(Nc3ncc(-c4nc(-c5cccnc5)no4)c(N[C@H](CO)c4ccccc4)n3)nc21. The molecule has 6 rings (SSSR count). The van der Waals surface area contributed by atoms with Crippen LogP contribution in [0, 0.1) is 0 Å². The van der Waals surface area contributed by atoms with E-state index in [0.717, 1.165) is 5.56 Å². The summed E-state index contributed by atoms with van der Waals surface area (Å²) in [5, 5.41) is 24.0. The molecule has 0 saturated heterocycles.